The Bertz CT molecular complexity index is 815. The van der Waals surface area contributed by atoms with Crippen molar-refractivity contribution in [2.45, 2.75) is 46.1 Å². The molecule has 0 spiro atoms. The van der Waals surface area contributed by atoms with E-state index in [9.17, 15) is 9.59 Å². The molecular weight excluding hydrogens is 336 g/mol. The summed E-state index contributed by atoms with van der Waals surface area (Å²) in [7, 11) is 0. The van der Waals surface area contributed by atoms with E-state index in [0.29, 0.717) is 6.54 Å². The summed E-state index contributed by atoms with van der Waals surface area (Å²) < 4.78 is 0. The molecule has 1 atom stereocenters. The Morgan fingerprint density at radius 3 is 2.72 bits per heavy atom. The van der Waals surface area contributed by atoms with Crippen LogP contribution in [0.15, 0.2) is 5.38 Å². The van der Waals surface area contributed by atoms with Gasteiger partial charge in [-0.25, -0.2) is 4.98 Å². The van der Waals surface area contributed by atoms with Crippen LogP contribution in [0.4, 0.5) is 0 Å². The summed E-state index contributed by atoms with van der Waals surface area (Å²) in [5.74, 6) is 0.0197. The lowest BCUT2D eigenvalue weighted by atomic mass is 9.99. The maximum Gasteiger partial charge on any atom is 0.217 e. The Hall–Kier alpha value is -1.99. The van der Waals surface area contributed by atoms with Crippen molar-refractivity contribution < 1.29 is 9.59 Å². The van der Waals surface area contributed by atoms with Crippen LogP contribution < -0.4 is 10.6 Å². The fourth-order valence-corrected chi connectivity index (χ4v) is 4.70. The van der Waals surface area contributed by atoms with Gasteiger partial charge in [-0.1, -0.05) is 6.92 Å². The molecule has 0 radical (unpaired) electrons. The van der Waals surface area contributed by atoms with Crippen LogP contribution in [0.5, 0.6) is 0 Å². The molecule has 2 aromatic heterocycles. The fourth-order valence-electron chi connectivity index (χ4n) is 3.71. The van der Waals surface area contributed by atoms with Crippen LogP contribution in [0.3, 0.4) is 0 Å². The number of hydrogen-bond acceptors (Lipinski definition) is 5. The number of carbonyl (C=O) groups excluding carboxylic acids is 2. The van der Waals surface area contributed by atoms with Crippen molar-refractivity contribution in [3.8, 4) is 11.4 Å². The van der Waals surface area contributed by atoms with Crippen molar-refractivity contribution in [2.75, 3.05) is 13.1 Å². The van der Waals surface area contributed by atoms with Gasteiger partial charge in [-0.2, -0.15) is 0 Å². The number of carbonyl (C=O) groups is 2. The van der Waals surface area contributed by atoms with Crippen LogP contribution in [0, 0.1) is 6.92 Å². The zero-order valence-electron chi connectivity index (χ0n) is 15.1. The van der Waals surface area contributed by atoms with Crippen LogP contribution >= 0.6 is 11.3 Å². The summed E-state index contributed by atoms with van der Waals surface area (Å²) in [6.07, 6.45) is 1.59. The van der Waals surface area contributed by atoms with Gasteiger partial charge in [0.05, 0.1) is 11.4 Å². The number of thiazole rings is 1. The average molecular weight is 360 g/mol. The molecule has 7 heteroatoms. The van der Waals surface area contributed by atoms with Gasteiger partial charge >= 0.3 is 0 Å². The third-order valence-corrected chi connectivity index (χ3v) is 5.78. The van der Waals surface area contributed by atoms with Gasteiger partial charge < -0.3 is 15.6 Å². The first-order chi connectivity index (χ1) is 11.9. The van der Waals surface area contributed by atoms with Crippen molar-refractivity contribution in [3.05, 3.63) is 27.2 Å². The molecule has 0 bridgehead atoms. The smallest absolute Gasteiger partial charge is 0.217 e. The summed E-state index contributed by atoms with van der Waals surface area (Å²) in [5.41, 5.74) is 3.98. The van der Waals surface area contributed by atoms with Crippen molar-refractivity contribution >= 4 is 23.0 Å². The molecule has 0 aliphatic carbocycles. The molecule has 6 nitrogen and oxygen atoms in total. The Kier molecular flexibility index (Phi) is 4.79. The highest BCUT2D eigenvalue weighted by atomic mass is 32.1. The standard InChI is InChI=1S/C18H24N4O2S/c1-5-13-15(11(3)23)10(2)20-16(13)14-8-25-17(21-14)18(22-12(4)24)6-7-19-9-18/h8,19-20H,5-7,9H2,1-4H3,(H,22,24). The summed E-state index contributed by atoms with van der Waals surface area (Å²) in [6.45, 7) is 8.64. The Balaban J connectivity index is 2.03. The maximum absolute atomic E-state index is 12.0. The predicted octanol–water partition coefficient (Wildman–Crippen LogP) is 2.54. The summed E-state index contributed by atoms with van der Waals surface area (Å²) in [6, 6.07) is 0. The fraction of sp³-hybridized carbons (Fsp3) is 0.500. The first-order valence-electron chi connectivity index (χ1n) is 8.56. The third kappa shape index (κ3) is 3.14. The van der Waals surface area contributed by atoms with Gasteiger partial charge in [0.25, 0.3) is 0 Å². The quantitative estimate of drug-likeness (QED) is 0.715. The number of aromatic amines is 1. The van der Waals surface area contributed by atoms with E-state index < -0.39 is 5.54 Å². The number of aryl methyl sites for hydroxylation is 1. The van der Waals surface area contributed by atoms with Gasteiger partial charge in [-0.05, 0) is 38.8 Å². The van der Waals surface area contributed by atoms with E-state index in [2.05, 4.69) is 15.6 Å². The average Bonchev–Trinajstić information content (AvgIpc) is 3.23. The molecule has 1 aliphatic rings. The first-order valence-corrected chi connectivity index (χ1v) is 9.44. The predicted molar refractivity (Wildman–Crippen MR) is 99.0 cm³/mol. The van der Waals surface area contributed by atoms with E-state index in [4.69, 9.17) is 4.98 Å². The second-order valence-electron chi connectivity index (χ2n) is 6.62. The summed E-state index contributed by atoms with van der Waals surface area (Å²) in [5, 5.41) is 9.31. The molecule has 134 valence electrons. The lowest BCUT2D eigenvalue weighted by Gasteiger charge is -2.26. The molecule has 0 aromatic carbocycles. The maximum atomic E-state index is 12.0. The molecule has 1 aliphatic heterocycles. The molecular formula is C18H24N4O2S. The molecule has 3 rings (SSSR count). The minimum Gasteiger partial charge on any atom is -0.356 e. The summed E-state index contributed by atoms with van der Waals surface area (Å²) >= 11 is 1.55. The first kappa shape index (κ1) is 17.8. The Morgan fingerprint density at radius 2 is 2.16 bits per heavy atom. The molecule has 3 N–H and O–H groups in total. The van der Waals surface area contributed by atoms with E-state index >= 15 is 0 Å². The second-order valence-corrected chi connectivity index (χ2v) is 7.47. The van der Waals surface area contributed by atoms with E-state index in [1.54, 1.807) is 18.3 Å². The number of nitrogens with zero attached hydrogens (tertiary/aromatic N) is 1. The molecule has 3 heterocycles. The van der Waals surface area contributed by atoms with Crippen molar-refractivity contribution in [3.63, 3.8) is 0 Å². The van der Waals surface area contributed by atoms with Gasteiger partial charge in [-0.15, -0.1) is 11.3 Å². The normalized spacial score (nSPS) is 20.0. The van der Waals surface area contributed by atoms with E-state index in [1.165, 1.54) is 6.92 Å². The molecule has 0 saturated carbocycles. The highest BCUT2D eigenvalue weighted by Crippen LogP contribution is 2.35. The van der Waals surface area contributed by atoms with Crippen LogP contribution in [0.25, 0.3) is 11.4 Å². The number of ketones is 1. The molecule has 1 unspecified atom stereocenters. The van der Waals surface area contributed by atoms with Crippen molar-refractivity contribution in [2.24, 2.45) is 0 Å². The van der Waals surface area contributed by atoms with Gasteiger partial charge in [0.1, 0.15) is 10.5 Å². The highest BCUT2D eigenvalue weighted by molar-refractivity contribution is 7.10. The minimum absolute atomic E-state index is 0.0516. The van der Waals surface area contributed by atoms with Crippen LogP contribution in [0.1, 0.15) is 53.8 Å². The largest absolute Gasteiger partial charge is 0.356 e. The number of aromatic nitrogens is 2. The Labute approximate surface area is 151 Å². The zero-order chi connectivity index (χ0) is 18.2. The number of H-pyrrole nitrogens is 1. The number of Topliss-reactive ketones (excluding diaryl/α,β-unsaturated/α-hetero) is 1. The lowest BCUT2D eigenvalue weighted by Crippen LogP contribution is -2.46. The number of nitrogens with one attached hydrogen (secondary N) is 3. The zero-order valence-corrected chi connectivity index (χ0v) is 15.9. The van der Waals surface area contributed by atoms with Gasteiger partial charge in [-0.3, -0.25) is 9.59 Å². The van der Waals surface area contributed by atoms with Crippen molar-refractivity contribution in [1.29, 1.82) is 0 Å². The molecule has 1 fully saturated rings. The van der Waals surface area contributed by atoms with Crippen LogP contribution in [-0.2, 0) is 16.8 Å². The van der Waals surface area contributed by atoms with Gasteiger partial charge in [0, 0.05) is 30.1 Å². The molecule has 2 aromatic rings. The van der Waals surface area contributed by atoms with E-state index in [1.807, 2.05) is 19.2 Å². The molecule has 25 heavy (non-hydrogen) atoms. The SMILES string of the molecule is CCc1c(-c2csc(C3(NC(C)=O)CCNC3)n2)[nH]c(C)c1C(C)=O. The van der Waals surface area contributed by atoms with Gasteiger partial charge in [0.15, 0.2) is 5.78 Å². The third-order valence-electron chi connectivity index (χ3n) is 4.74. The Morgan fingerprint density at radius 1 is 1.40 bits per heavy atom. The lowest BCUT2D eigenvalue weighted by molar-refractivity contribution is -0.120. The number of amides is 1. The monoisotopic (exact) mass is 360 g/mol. The van der Waals surface area contributed by atoms with Gasteiger partial charge in [0.2, 0.25) is 5.91 Å². The number of rotatable bonds is 5. The summed E-state index contributed by atoms with van der Waals surface area (Å²) in [4.78, 5) is 31.8. The minimum atomic E-state index is -0.438. The highest BCUT2D eigenvalue weighted by Gasteiger charge is 2.39. The van der Waals surface area contributed by atoms with Crippen molar-refractivity contribution in [1.82, 2.24) is 20.6 Å². The van der Waals surface area contributed by atoms with E-state index in [-0.39, 0.29) is 11.7 Å². The van der Waals surface area contributed by atoms with Crippen LogP contribution in [0.2, 0.25) is 0 Å². The van der Waals surface area contributed by atoms with Crippen LogP contribution in [-0.4, -0.2) is 34.7 Å². The van der Waals surface area contributed by atoms with E-state index in [0.717, 1.165) is 52.6 Å². The second kappa shape index (κ2) is 6.72. The number of hydrogen-bond donors (Lipinski definition) is 3. The molecule has 1 saturated heterocycles. The topological polar surface area (TPSA) is 86.9 Å². The molecule has 1 amide bonds.